The third-order valence-corrected chi connectivity index (χ3v) is 3.39. The molecule has 17 heavy (non-hydrogen) atoms. The number of rotatable bonds is 4. The Kier molecular flexibility index (Phi) is 4.04. The van der Waals surface area contributed by atoms with E-state index in [1.54, 1.807) is 18.2 Å². The molecule has 0 spiro atoms. The average Bonchev–Trinajstić information content (AvgIpc) is 2.78. The van der Waals surface area contributed by atoms with E-state index in [0.29, 0.717) is 20.8 Å². The van der Waals surface area contributed by atoms with Crippen molar-refractivity contribution in [2.75, 3.05) is 5.75 Å². The molecule has 0 fully saturated rings. The third-order valence-electron chi connectivity index (χ3n) is 1.96. The van der Waals surface area contributed by atoms with E-state index < -0.39 is 0 Å². The molecule has 0 bridgehead atoms. The van der Waals surface area contributed by atoms with Gasteiger partial charge in [0.05, 0.1) is 10.8 Å². The molecule has 2 aromatic rings. The van der Waals surface area contributed by atoms with E-state index in [2.05, 4.69) is 15.2 Å². The summed E-state index contributed by atoms with van der Waals surface area (Å²) < 4.78 is 0. The number of hydrogen-bond donors (Lipinski definition) is 1. The lowest BCUT2D eigenvalue weighted by atomic mass is 10.1. The first kappa shape index (κ1) is 12.4. The molecule has 0 atom stereocenters. The summed E-state index contributed by atoms with van der Waals surface area (Å²) in [7, 11) is 0. The van der Waals surface area contributed by atoms with E-state index in [4.69, 9.17) is 23.2 Å². The molecule has 2 rings (SSSR count). The molecule has 0 saturated heterocycles. The number of ketones is 1. The zero-order valence-corrected chi connectivity index (χ0v) is 10.8. The Morgan fingerprint density at radius 2 is 2.24 bits per heavy atom. The second-order valence-corrected chi connectivity index (χ2v) is 4.93. The molecule has 0 amide bonds. The van der Waals surface area contributed by atoms with E-state index in [1.807, 2.05) is 0 Å². The zero-order chi connectivity index (χ0) is 12.3. The number of halogens is 2. The van der Waals surface area contributed by atoms with Crippen molar-refractivity contribution in [1.82, 2.24) is 15.2 Å². The second-order valence-electron chi connectivity index (χ2n) is 3.13. The number of aromatic amines is 1. The number of Topliss-reactive ketones (excluding diaryl/α,β-unsaturated/α-hetero) is 1. The van der Waals surface area contributed by atoms with Crippen molar-refractivity contribution in [2.45, 2.75) is 5.16 Å². The van der Waals surface area contributed by atoms with E-state index in [-0.39, 0.29) is 11.5 Å². The highest BCUT2D eigenvalue weighted by molar-refractivity contribution is 7.99. The van der Waals surface area contributed by atoms with Crippen LogP contribution in [0.15, 0.2) is 29.7 Å². The van der Waals surface area contributed by atoms with Crippen molar-refractivity contribution < 1.29 is 4.79 Å². The molecule has 0 aliphatic heterocycles. The first-order valence-electron chi connectivity index (χ1n) is 4.63. The zero-order valence-electron chi connectivity index (χ0n) is 8.48. The molecule has 1 aromatic heterocycles. The van der Waals surface area contributed by atoms with Gasteiger partial charge in [0.2, 0.25) is 0 Å². The van der Waals surface area contributed by atoms with Gasteiger partial charge in [-0.1, -0.05) is 35.0 Å². The van der Waals surface area contributed by atoms with Crippen LogP contribution < -0.4 is 0 Å². The van der Waals surface area contributed by atoms with Gasteiger partial charge in [0, 0.05) is 10.6 Å². The van der Waals surface area contributed by atoms with E-state index >= 15 is 0 Å². The summed E-state index contributed by atoms with van der Waals surface area (Å²) >= 11 is 13.0. The summed E-state index contributed by atoms with van der Waals surface area (Å²) in [6.45, 7) is 0. The largest absolute Gasteiger partial charge is 0.293 e. The Morgan fingerprint density at radius 3 is 2.88 bits per heavy atom. The second kappa shape index (κ2) is 5.53. The lowest BCUT2D eigenvalue weighted by Gasteiger charge is -2.02. The Labute approximate surface area is 112 Å². The molecule has 0 radical (unpaired) electrons. The standard InChI is InChI=1S/C10H7Cl2N3OS/c11-6-1-2-7(8(12)3-6)9(16)4-17-10-13-5-14-15-10/h1-3,5H,4H2,(H,13,14,15). The van der Waals surface area contributed by atoms with Crippen molar-refractivity contribution in [3.8, 4) is 0 Å². The van der Waals surface area contributed by atoms with Gasteiger partial charge in [0.15, 0.2) is 10.9 Å². The molecule has 88 valence electrons. The molecule has 1 N–H and O–H groups in total. The lowest BCUT2D eigenvalue weighted by molar-refractivity contribution is 0.102. The molecule has 1 aromatic carbocycles. The first-order chi connectivity index (χ1) is 8.16. The van der Waals surface area contributed by atoms with Gasteiger partial charge in [0.1, 0.15) is 6.33 Å². The van der Waals surface area contributed by atoms with Crippen LogP contribution in [0.3, 0.4) is 0 Å². The summed E-state index contributed by atoms with van der Waals surface area (Å²) in [5.41, 5.74) is 0.461. The Bertz CT molecular complexity index is 530. The number of hydrogen-bond acceptors (Lipinski definition) is 4. The van der Waals surface area contributed by atoms with Gasteiger partial charge in [-0.25, -0.2) is 4.98 Å². The van der Waals surface area contributed by atoms with Crippen LogP contribution >= 0.6 is 35.0 Å². The number of thioether (sulfide) groups is 1. The monoisotopic (exact) mass is 287 g/mol. The van der Waals surface area contributed by atoms with Crippen molar-refractivity contribution >= 4 is 40.7 Å². The summed E-state index contributed by atoms with van der Waals surface area (Å²) in [6.07, 6.45) is 1.39. The number of benzene rings is 1. The highest BCUT2D eigenvalue weighted by atomic mass is 35.5. The highest BCUT2D eigenvalue weighted by Crippen LogP contribution is 2.23. The minimum Gasteiger partial charge on any atom is -0.293 e. The van der Waals surface area contributed by atoms with Crippen LogP contribution in [0.1, 0.15) is 10.4 Å². The summed E-state index contributed by atoms with van der Waals surface area (Å²) in [5, 5.41) is 7.82. The van der Waals surface area contributed by atoms with Gasteiger partial charge >= 0.3 is 0 Å². The molecule has 0 aliphatic rings. The smallest absolute Gasteiger partial charge is 0.183 e. The van der Waals surface area contributed by atoms with Crippen LogP contribution in [0.5, 0.6) is 0 Å². The maximum absolute atomic E-state index is 11.9. The lowest BCUT2D eigenvalue weighted by Crippen LogP contribution is -2.03. The molecule has 1 heterocycles. The number of nitrogens with one attached hydrogen (secondary N) is 1. The predicted octanol–water partition coefficient (Wildman–Crippen LogP) is 3.09. The fourth-order valence-electron chi connectivity index (χ4n) is 1.19. The number of H-pyrrole nitrogens is 1. The number of carbonyl (C=O) groups excluding carboxylic acids is 1. The SMILES string of the molecule is O=C(CSc1ncn[nH]1)c1ccc(Cl)cc1Cl. The fourth-order valence-corrected chi connectivity index (χ4v) is 2.37. The first-order valence-corrected chi connectivity index (χ1v) is 6.37. The minimum atomic E-state index is -0.0759. The van der Waals surface area contributed by atoms with Crippen LogP contribution in [0.25, 0.3) is 0 Å². The van der Waals surface area contributed by atoms with Crippen LogP contribution in [0.4, 0.5) is 0 Å². The Hall–Kier alpha value is -1.04. The van der Waals surface area contributed by atoms with Crippen LogP contribution in [-0.4, -0.2) is 26.7 Å². The van der Waals surface area contributed by atoms with Gasteiger partial charge in [0.25, 0.3) is 0 Å². The van der Waals surface area contributed by atoms with Crippen LogP contribution in [0, 0.1) is 0 Å². The number of aromatic nitrogens is 3. The van der Waals surface area contributed by atoms with Crippen molar-refractivity contribution in [2.24, 2.45) is 0 Å². The minimum absolute atomic E-state index is 0.0759. The van der Waals surface area contributed by atoms with Crippen LogP contribution in [0.2, 0.25) is 10.0 Å². The van der Waals surface area contributed by atoms with Gasteiger partial charge in [-0.15, -0.1) is 0 Å². The van der Waals surface area contributed by atoms with Crippen molar-refractivity contribution in [1.29, 1.82) is 0 Å². The Morgan fingerprint density at radius 1 is 1.41 bits per heavy atom. The number of carbonyl (C=O) groups is 1. The molecule has 4 nitrogen and oxygen atoms in total. The predicted molar refractivity (Wildman–Crippen MR) is 67.9 cm³/mol. The summed E-state index contributed by atoms with van der Waals surface area (Å²) in [4.78, 5) is 15.8. The van der Waals surface area contributed by atoms with Crippen LogP contribution in [-0.2, 0) is 0 Å². The van der Waals surface area contributed by atoms with Crippen molar-refractivity contribution in [3.63, 3.8) is 0 Å². The van der Waals surface area contributed by atoms with Gasteiger partial charge in [-0.05, 0) is 18.2 Å². The highest BCUT2D eigenvalue weighted by Gasteiger charge is 2.11. The molecule has 0 unspecified atom stereocenters. The summed E-state index contributed by atoms with van der Waals surface area (Å²) in [6, 6.07) is 4.81. The topological polar surface area (TPSA) is 58.6 Å². The number of nitrogens with zero attached hydrogens (tertiary/aromatic N) is 2. The van der Waals surface area contributed by atoms with E-state index in [9.17, 15) is 4.79 Å². The van der Waals surface area contributed by atoms with E-state index in [1.165, 1.54) is 18.1 Å². The maximum atomic E-state index is 11.9. The van der Waals surface area contributed by atoms with Gasteiger partial charge in [-0.3, -0.25) is 9.89 Å². The van der Waals surface area contributed by atoms with Crippen molar-refractivity contribution in [3.05, 3.63) is 40.1 Å². The van der Waals surface area contributed by atoms with Gasteiger partial charge in [-0.2, -0.15) is 5.10 Å². The molecule has 7 heteroatoms. The molecule has 0 saturated carbocycles. The molecular weight excluding hydrogens is 281 g/mol. The Balaban J connectivity index is 2.04. The molecular formula is C10H7Cl2N3OS. The van der Waals surface area contributed by atoms with Gasteiger partial charge < -0.3 is 0 Å². The normalized spacial score (nSPS) is 10.5. The fraction of sp³-hybridized carbons (Fsp3) is 0.100. The summed E-state index contributed by atoms with van der Waals surface area (Å²) in [5.74, 6) is 0.171. The maximum Gasteiger partial charge on any atom is 0.183 e. The average molecular weight is 288 g/mol. The third kappa shape index (κ3) is 3.21. The molecule has 0 aliphatic carbocycles. The quantitative estimate of drug-likeness (QED) is 0.693. The van der Waals surface area contributed by atoms with E-state index in [0.717, 1.165) is 0 Å².